The summed E-state index contributed by atoms with van der Waals surface area (Å²) in [5.74, 6) is 1.12. The van der Waals surface area contributed by atoms with E-state index in [0.717, 1.165) is 30.0 Å². The van der Waals surface area contributed by atoms with Crippen LogP contribution in [-0.2, 0) is 0 Å². The van der Waals surface area contributed by atoms with E-state index in [-0.39, 0.29) is 17.7 Å². The standard InChI is InChI=1S/C18H21FN4OS/c1-11-4-3-9-22(10-11)15(13-5-7-14(19)8-6-13)16-17(24)23-18(25-16)20-12(2)21-23/h5-8,11,15,24H,3-4,9-10H2,1-2H3/t11-,15+/m0/s1. The van der Waals surface area contributed by atoms with Crippen molar-refractivity contribution in [2.24, 2.45) is 5.92 Å². The van der Waals surface area contributed by atoms with Crippen LogP contribution in [0.1, 0.15) is 42.1 Å². The molecule has 25 heavy (non-hydrogen) atoms. The molecule has 3 heterocycles. The summed E-state index contributed by atoms with van der Waals surface area (Å²) in [5, 5.41) is 15.0. The van der Waals surface area contributed by atoms with Gasteiger partial charge in [-0.05, 0) is 49.9 Å². The Morgan fingerprint density at radius 1 is 1.32 bits per heavy atom. The quantitative estimate of drug-likeness (QED) is 0.773. The van der Waals surface area contributed by atoms with Gasteiger partial charge in [-0.3, -0.25) is 4.90 Å². The first-order valence-electron chi connectivity index (χ1n) is 8.57. The molecule has 1 aliphatic heterocycles. The summed E-state index contributed by atoms with van der Waals surface area (Å²) in [5.41, 5.74) is 0.979. The van der Waals surface area contributed by atoms with Gasteiger partial charge in [-0.25, -0.2) is 9.37 Å². The summed E-state index contributed by atoms with van der Waals surface area (Å²) in [6.07, 6.45) is 2.34. The van der Waals surface area contributed by atoms with Crippen molar-refractivity contribution in [2.45, 2.75) is 32.7 Å². The van der Waals surface area contributed by atoms with Gasteiger partial charge in [0.15, 0.2) is 0 Å². The summed E-state index contributed by atoms with van der Waals surface area (Å²) in [4.78, 5) is 8.25. The van der Waals surface area contributed by atoms with Gasteiger partial charge in [0, 0.05) is 6.54 Å². The number of nitrogens with zero attached hydrogens (tertiary/aromatic N) is 4. The molecule has 0 aliphatic carbocycles. The average molecular weight is 360 g/mol. The van der Waals surface area contributed by atoms with E-state index in [4.69, 9.17) is 0 Å². The molecule has 2 aromatic heterocycles. The molecule has 0 radical (unpaired) electrons. The fourth-order valence-electron chi connectivity index (χ4n) is 3.66. The van der Waals surface area contributed by atoms with Gasteiger partial charge < -0.3 is 5.11 Å². The summed E-state index contributed by atoms with van der Waals surface area (Å²) in [6, 6.07) is 6.46. The number of likely N-dealkylation sites (tertiary alicyclic amines) is 1. The smallest absolute Gasteiger partial charge is 0.230 e. The van der Waals surface area contributed by atoms with Crippen LogP contribution in [0.3, 0.4) is 0 Å². The molecule has 4 rings (SSSR count). The third-order valence-corrected chi connectivity index (χ3v) is 5.87. The van der Waals surface area contributed by atoms with E-state index in [1.54, 1.807) is 12.1 Å². The molecule has 1 N–H and O–H groups in total. The Morgan fingerprint density at radius 3 is 2.76 bits per heavy atom. The molecule has 0 unspecified atom stereocenters. The number of rotatable bonds is 3. The van der Waals surface area contributed by atoms with E-state index in [9.17, 15) is 9.50 Å². The maximum atomic E-state index is 13.4. The monoisotopic (exact) mass is 360 g/mol. The number of hydrogen-bond acceptors (Lipinski definition) is 5. The Hall–Kier alpha value is -1.99. The van der Waals surface area contributed by atoms with Crippen LogP contribution < -0.4 is 0 Å². The van der Waals surface area contributed by atoms with Gasteiger partial charge in [-0.1, -0.05) is 30.4 Å². The second-order valence-corrected chi connectivity index (χ2v) is 7.85. The van der Waals surface area contributed by atoms with Gasteiger partial charge >= 0.3 is 0 Å². The maximum absolute atomic E-state index is 13.4. The highest BCUT2D eigenvalue weighted by atomic mass is 32.1. The molecule has 7 heteroatoms. The minimum Gasteiger partial charge on any atom is -0.492 e. The first-order valence-corrected chi connectivity index (χ1v) is 9.39. The highest BCUT2D eigenvalue weighted by molar-refractivity contribution is 7.17. The van der Waals surface area contributed by atoms with Crippen molar-refractivity contribution in [2.75, 3.05) is 13.1 Å². The molecule has 3 aromatic rings. The van der Waals surface area contributed by atoms with E-state index < -0.39 is 0 Å². The topological polar surface area (TPSA) is 53.7 Å². The number of aryl methyl sites for hydroxylation is 1. The van der Waals surface area contributed by atoms with Crippen LogP contribution >= 0.6 is 11.3 Å². The number of benzene rings is 1. The lowest BCUT2D eigenvalue weighted by Gasteiger charge is -2.37. The Kier molecular flexibility index (Phi) is 4.21. The summed E-state index contributed by atoms with van der Waals surface area (Å²) >= 11 is 1.45. The van der Waals surface area contributed by atoms with Crippen molar-refractivity contribution in [1.82, 2.24) is 19.5 Å². The highest BCUT2D eigenvalue weighted by Crippen LogP contribution is 2.41. The molecule has 1 fully saturated rings. The molecule has 1 saturated heterocycles. The van der Waals surface area contributed by atoms with Crippen LogP contribution in [0.4, 0.5) is 4.39 Å². The first kappa shape index (κ1) is 16.5. The van der Waals surface area contributed by atoms with Gasteiger partial charge in [0.05, 0.1) is 10.9 Å². The number of fused-ring (bicyclic) bond motifs is 1. The van der Waals surface area contributed by atoms with Gasteiger partial charge in [0.25, 0.3) is 0 Å². The van der Waals surface area contributed by atoms with Crippen LogP contribution in [0.25, 0.3) is 4.96 Å². The van der Waals surface area contributed by atoms with Crippen molar-refractivity contribution in [3.05, 3.63) is 46.3 Å². The van der Waals surface area contributed by atoms with Crippen molar-refractivity contribution in [3.63, 3.8) is 0 Å². The number of hydrogen-bond donors (Lipinski definition) is 1. The Morgan fingerprint density at radius 2 is 2.08 bits per heavy atom. The molecule has 5 nitrogen and oxygen atoms in total. The Labute approximate surface area is 149 Å². The van der Waals surface area contributed by atoms with Crippen LogP contribution in [-0.4, -0.2) is 37.7 Å². The zero-order valence-corrected chi connectivity index (χ0v) is 15.1. The Balaban J connectivity index is 1.81. The molecule has 132 valence electrons. The van der Waals surface area contributed by atoms with E-state index >= 15 is 0 Å². The fraction of sp³-hybridized carbons (Fsp3) is 0.444. The van der Waals surface area contributed by atoms with Crippen LogP contribution in [0.5, 0.6) is 5.88 Å². The molecule has 0 saturated carbocycles. The SMILES string of the molecule is Cc1nc2sc([C@@H](c3ccc(F)cc3)N3CCC[C@H](C)C3)c(O)n2n1. The first-order chi connectivity index (χ1) is 12.0. The van der Waals surface area contributed by atoms with Crippen molar-refractivity contribution >= 4 is 16.3 Å². The molecule has 1 aliphatic rings. The van der Waals surface area contributed by atoms with Gasteiger partial charge in [0.2, 0.25) is 10.8 Å². The highest BCUT2D eigenvalue weighted by Gasteiger charge is 2.31. The summed E-state index contributed by atoms with van der Waals surface area (Å²) in [7, 11) is 0. The summed E-state index contributed by atoms with van der Waals surface area (Å²) in [6.45, 7) is 5.97. The molecule has 0 bridgehead atoms. The molecule has 0 amide bonds. The zero-order chi connectivity index (χ0) is 17.6. The largest absolute Gasteiger partial charge is 0.492 e. The third kappa shape index (κ3) is 3.02. The molecular weight excluding hydrogens is 339 g/mol. The third-order valence-electron chi connectivity index (χ3n) is 4.79. The zero-order valence-electron chi connectivity index (χ0n) is 14.3. The number of aromatic nitrogens is 3. The minimum absolute atomic E-state index is 0.114. The average Bonchev–Trinajstić information content (AvgIpc) is 3.08. The van der Waals surface area contributed by atoms with Crippen molar-refractivity contribution in [1.29, 1.82) is 0 Å². The van der Waals surface area contributed by atoms with E-state index in [0.29, 0.717) is 16.7 Å². The van der Waals surface area contributed by atoms with E-state index in [1.165, 1.54) is 34.4 Å². The molecule has 2 atom stereocenters. The second kappa shape index (κ2) is 6.38. The van der Waals surface area contributed by atoms with Gasteiger partial charge in [0.1, 0.15) is 11.6 Å². The summed E-state index contributed by atoms with van der Waals surface area (Å²) < 4.78 is 14.9. The predicted molar refractivity (Wildman–Crippen MR) is 95.5 cm³/mol. The van der Waals surface area contributed by atoms with Crippen LogP contribution in [0, 0.1) is 18.7 Å². The van der Waals surface area contributed by atoms with Gasteiger partial charge in [-0.15, -0.1) is 5.10 Å². The molecular formula is C18H21FN4OS. The number of aromatic hydroxyl groups is 1. The molecule has 1 aromatic carbocycles. The van der Waals surface area contributed by atoms with Crippen LogP contribution in [0.2, 0.25) is 0 Å². The number of thiazole rings is 1. The lowest BCUT2D eigenvalue weighted by molar-refractivity contribution is 0.149. The number of piperidine rings is 1. The lowest BCUT2D eigenvalue weighted by Crippen LogP contribution is -2.37. The normalized spacial score (nSPS) is 20.2. The Bertz CT molecular complexity index is 889. The van der Waals surface area contributed by atoms with Gasteiger partial charge in [-0.2, -0.15) is 4.52 Å². The molecule has 0 spiro atoms. The number of halogens is 1. The van der Waals surface area contributed by atoms with E-state index in [2.05, 4.69) is 21.9 Å². The minimum atomic E-state index is -0.253. The maximum Gasteiger partial charge on any atom is 0.230 e. The van der Waals surface area contributed by atoms with Crippen molar-refractivity contribution in [3.8, 4) is 5.88 Å². The van der Waals surface area contributed by atoms with Crippen molar-refractivity contribution < 1.29 is 9.50 Å². The predicted octanol–water partition coefficient (Wildman–Crippen LogP) is 3.77. The van der Waals surface area contributed by atoms with Crippen LogP contribution in [0.15, 0.2) is 24.3 Å². The fourth-order valence-corrected chi connectivity index (χ4v) is 4.82. The second-order valence-electron chi connectivity index (χ2n) is 6.84. The van der Waals surface area contributed by atoms with E-state index in [1.807, 2.05) is 6.92 Å². The lowest BCUT2D eigenvalue weighted by atomic mass is 9.95.